The number of thioether (sulfide) groups is 1. The van der Waals surface area contributed by atoms with E-state index in [1.807, 2.05) is 18.7 Å². The molecule has 0 aromatic rings. The van der Waals surface area contributed by atoms with Crippen molar-refractivity contribution in [2.24, 2.45) is 4.99 Å². The van der Waals surface area contributed by atoms with Gasteiger partial charge in [-0.25, -0.2) is 4.99 Å². The molecule has 0 aliphatic carbocycles. The van der Waals surface area contributed by atoms with Crippen LogP contribution in [0.25, 0.3) is 0 Å². The van der Waals surface area contributed by atoms with Crippen molar-refractivity contribution in [3.05, 3.63) is 12.2 Å². The molecule has 1 rings (SSSR count). The van der Waals surface area contributed by atoms with Crippen LogP contribution in [0.15, 0.2) is 17.1 Å². The molecule has 1 atom stereocenters. The number of hydrogen-bond donors (Lipinski definition) is 2. The number of carbonyl (C=O) groups excluding carboxylic acids is 1. The fraction of sp³-hybridized carbons (Fsp3) is 0.714. The molecule has 5 nitrogen and oxygen atoms in total. The van der Waals surface area contributed by atoms with Crippen LogP contribution in [0.5, 0.6) is 0 Å². The third-order valence-electron chi connectivity index (χ3n) is 2.93. The quantitative estimate of drug-likeness (QED) is 0.453. The maximum atomic E-state index is 11.6. The minimum absolute atomic E-state index is 0.000515. The summed E-state index contributed by atoms with van der Waals surface area (Å²) in [7, 11) is 3.48. The van der Waals surface area contributed by atoms with Crippen LogP contribution in [0, 0.1) is 0 Å². The lowest BCUT2D eigenvalue weighted by Gasteiger charge is -2.25. The highest BCUT2D eigenvalue weighted by molar-refractivity contribution is 7.99. The zero-order chi connectivity index (χ0) is 15.0. The third kappa shape index (κ3) is 6.84. The molecule has 1 aliphatic heterocycles. The first-order valence-corrected chi connectivity index (χ1v) is 8.11. The second-order valence-electron chi connectivity index (χ2n) is 5.32. The van der Waals surface area contributed by atoms with Crippen LogP contribution in [0.1, 0.15) is 19.8 Å². The molecule has 2 N–H and O–H groups in total. The van der Waals surface area contributed by atoms with E-state index < -0.39 is 0 Å². The molecule has 0 aromatic carbocycles. The van der Waals surface area contributed by atoms with Crippen molar-refractivity contribution in [2.45, 2.75) is 25.8 Å². The van der Waals surface area contributed by atoms with E-state index in [0.717, 1.165) is 17.7 Å². The number of likely N-dealkylation sites (N-methyl/N-ethyl adjacent to an activating group) is 1. The van der Waals surface area contributed by atoms with Gasteiger partial charge < -0.3 is 15.5 Å². The Morgan fingerprint density at radius 3 is 2.80 bits per heavy atom. The Morgan fingerprint density at radius 2 is 2.25 bits per heavy atom. The maximum Gasteiger partial charge on any atom is 0.243 e. The van der Waals surface area contributed by atoms with E-state index in [2.05, 4.69) is 22.2 Å². The Bertz CT molecular complexity index is 362. The van der Waals surface area contributed by atoms with Gasteiger partial charge in [0.2, 0.25) is 5.91 Å². The molecular weight excluding hydrogens is 272 g/mol. The van der Waals surface area contributed by atoms with Crippen LogP contribution >= 0.6 is 11.8 Å². The summed E-state index contributed by atoms with van der Waals surface area (Å²) in [6.07, 6.45) is 2.38. The average molecular weight is 298 g/mol. The highest BCUT2D eigenvalue weighted by Gasteiger charge is 2.15. The van der Waals surface area contributed by atoms with Crippen molar-refractivity contribution in [2.75, 3.05) is 38.7 Å². The summed E-state index contributed by atoms with van der Waals surface area (Å²) in [4.78, 5) is 17.5. The Hall–Kier alpha value is -1.17. The van der Waals surface area contributed by atoms with E-state index in [4.69, 9.17) is 0 Å². The zero-order valence-corrected chi connectivity index (χ0v) is 13.6. The zero-order valence-electron chi connectivity index (χ0n) is 12.7. The summed E-state index contributed by atoms with van der Waals surface area (Å²) in [5.41, 5.74) is 1.04. The molecule has 1 aliphatic rings. The van der Waals surface area contributed by atoms with Crippen molar-refractivity contribution in [3.63, 3.8) is 0 Å². The molecule has 1 amide bonds. The number of rotatable bonds is 5. The van der Waals surface area contributed by atoms with Crippen LogP contribution < -0.4 is 10.6 Å². The van der Waals surface area contributed by atoms with Gasteiger partial charge in [-0.05, 0) is 25.5 Å². The van der Waals surface area contributed by atoms with E-state index >= 15 is 0 Å². The van der Waals surface area contributed by atoms with Gasteiger partial charge in [-0.3, -0.25) is 4.79 Å². The minimum atomic E-state index is -0.000515. The Labute approximate surface area is 126 Å². The molecule has 1 heterocycles. The lowest BCUT2D eigenvalue weighted by Crippen LogP contribution is -2.46. The molecule has 20 heavy (non-hydrogen) atoms. The molecule has 0 saturated carbocycles. The predicted octanol–water partition coefficient (Wildman–Crippen LogP) is 1.08. The minimum Gasteiger partial charge on any atom is -0.353 e. The smallest absolute Gasteiger partial charge is 0.243 e. The number of nitrogens with zero attached hydrogens (tertiary/aromatic N) is 2. The first-order valence-electron chi connectivity index (χ1n) is 6.96. The van der Waals surface area contributed by atoms with Crippen molar-refractivity contribution >= 4 is 23.6 Å². The van der Waals surface area contributed by atoms with Gasteiger partial charge in [0.15, 0.2) is 5.96 Å². The molecule has 0 spiro atoms. The number of aliphatic imine (C=N–C) groups is 1. The summed E-state index contributed by atoms with van der Waals surface area (Å²) in [6, 6.07) is 0.430. The van der Waals surface area contributed by atoms with Crippen molar-refractivity contribution < 1.29 is 4.79 Å². The molecule has 1 fully saturated rings. The van der Waals surface area contributed by atoms with Gasteiger partial charge in [0.1, 0.15) is 6.54 Å². The first-order chi connectivity index (χ1) is 9.49. The largest absolute Gasteiger partial charge is 0.353 e. The normalized spacial score (nSPS) is 19.4. The molecule has 6 heteroatoms. The number of hydrogen-bond acceptors (Lipinski definition) is 3. The van der Waals surface area contributed by atoms with Crippen LogP contribution in [0.3, 0.4) is 0 Å². The highest BCUT2D eigenvalue weighted by Crippen LogP contribution is 2.16. The van der Waals surface area contributed by atoms with E-state index in [9.17, 15) is 4.79 Å². The lowest BCUT2D eigenvalue weighted by molar-refractivity contribution is -0.127. The number of guanidine groups is 1. The molecule has 114 valence electrons. The summed E-state index contributed by atoms with van der Waals surface area (Å²) in [5, 5.41) is 6.63. The fourth-order valence-electron chi connectivity index (χ4n) is 1.72. The Kier molecular flexibility index (Phi) is 7.51. The van der Waals surface area contributed by atoms with Gasteiger partial charge >= 0.3 is 0 Å². The van der Waals surface area contributed by atoms with Crippen LogP contribution in [-0.2, 0) is 4.79 Å². The highest BCUT2D eigenvalue weighted by atomic mass is 32.2. The maximum absolute atomic E-state index is 11.6. The summed E-state index contributed by atoms with van der Waals surface area (Å²) in [6.45, 7) is 6.67. The van der Waals surface area contributed by atoms with E-state index in [1.54, 1.807) is 19.0 Å². The van der Waals surface area contributed by atoms with Gasteiger partial charge in [-0.1, -0.05) is 12.2 Å². The molecular formula is C14H26N4OS. The second-order valence-corrected chi connectivity index (χ2v) is 6.47. The molecule has 1 saturated heterocycles. The molecule has 0 bridgehead atoms. The predicted molar refractivity (Wildman–Crippen MR) is 87.3 cm³/mol. The van der Waals surface area contributed by atoms with Crippen molar-refractivity contribution in [1.82, 2.24) is 15.5 Å². The Morgan fingerprint density at radius 1 is 1.50 bits per heavy atom. The number of carbonyl (C=O) groups is 1. The van der Waals surface area contributed by atoms with Gasteiger partial charge in [-0.2, -0.15) is 11.8 Å². The van der Waals surface area contributed by atoms with E-state index in [0.29, 0.717) is 18.5 Å². The van der Waals surface area contributed by atoms with Gasteiger partial charge in [0, 0.05) is 32.4 Å². The average Bonchev–Trinajstić information content (AvgIpc) is 2.42. The molecule has 0 aromatic heterocycles. The topological polar surface area (TPSA) is 56.7 Å². The summed E-state index contributed by atoms with van der Waals surface area (Å²) < 4.78 is 0. The van der Waals surface area contributed by atoms with Crippen molar-refractivity contribution in [1.29, 1.82) is 0 Å². The number of nitrogens with one attached hydrogen (secondary N) is 2. The van der Waals surface area contributed by atoms with Gasteiger partial charge in [0.05, 0.1) is 0 Å². The van der Waals surface area contributed by atoms with Crippen molar-refractivity contribution in [3.8, 4) is 0 Å². The first kappa shape index (κ1) is 16.9. The van der Waals surface area contributed by atoms with E-state index in [1.165, 1.54) is 12.2 Å². The standard InChI is InChI=1S/C14H26N4OS/c1-11(2)8-15-14(16-9-13(19)18(3)4)17-12-6-5-7-20-10-12/h12H,1,5-10H2,2-4H3,(H2,15,16,17). The summed E-state index contributed by atoms with van der Waals surface area (Å²) in [5.74, 6) is 3.04. The van der Waals surface area contributed by atoms with Gasteiger partial charge in [0.25, 0.3) is 0 Å². The van der Waals surface area contributed by atoms with E-state index in [-0.39, 0.29) is 12.5 Å². The monoisotopic (exact) mass is 298 g/mol. The third-order valence-corrected chi connectivity index (χ3v) is 4.15. The lowest BCUT2D eigenvalue weighted by atomic mass is 10.2. The molecule has 1 unspecified atom stereocenters. The van der Waals surface area contributed by atoms with Crippen LogP contribution in [0.4, 0.5) is 0 Å². The van der Waals surface area contributed by atoms with Gasteiger partial charge in [-0.15, -0.1) is 0 Å². The second kappa shape index (κ2) is 8.89. The molecule has 0 radical (unpaired) electrons. The van der Waals surface area contributed by atoms with Crippen LogP contribution in [0.2, 0.25) is 0 Å². The Balaban J connectivity index is 2.55. The fourth-order valence-corrected chi connectivity index (χ4v) is 2.80. The van der Waals surface area contributed by atoms with Crippen LogP contribution in [-0.4, -0.2) is 61.5 Å². The SMILES string of the molecule is C=C(C)CNC(=NCC(=O)N(C)C)NC1CCCSC1. The summed E-state index contributed by atoms with van der Waals surface area (Å²) >= 11 is 1.96. The number of amides is 1.